The SMILES string of the molecule is CCC(C)(CCN)OCC(C)(C)OCCN1CCN(C)C1=N. The molecule has 0 amide bonds. The van der Waals surface area contributed by atoms with E-state index in [1.165, 1.54) is 0 Å². The van der Waals surface area contributed by atoms with Gasteiger partial charge in [-0.05, 0) is 40.2 Å². The molecule has 0 radical (unpaired) electrons. The van der Waals surface area contributed by atoms with Gasteiger partial charge in [-0.1, -0.05) is 6.92 Å². The first-order valence-corrected chi connectivity index (χ1v) is 8.25. The maximum absolute atomic E-state index is 7.94. The largest absolute Gasteiger partial charge is 0.372 e. The van der Waals surface area contributed by atoms with Gasteiger partial charge >= 0.3 is 0 Å². The van der Waals surface area contributed by atoms with E-state index >= 15 is 0 Å². The fourth-order valence-electron chi connectivity index (χ4n) is 2.42. The molecule has 1 aliphatic rings. The molecule has 0 aliphatic carbocycles. The van der Waals surface area contributed by atoms with Gasteiger partial charge in [0.25, 0.3) is 0 Å². The minimum absolute atomic E-state index is 0.171. The highest BCUT2D eigenvalue weighted by Crippen LogP contribution is 2.22. The van der Waals surface area contributed by atoms with Gasteiger partial charge in [-0.2, -0.15) is 0 Å². The molecule has 6 heteroatoms. The van der Waals surface area contributed by atoms with Crippen molar-refractivity contribution in [3.8, 4) is 0 Å². The number of ether oxygens (including phenoxy) is 2. The van der Waals surface area contributed by atoms with Crippen LogP contribution in [-0.4, -0.2) is 73.4 Å². The van der Waals surface area contributed by atoms with E-state index in [0.29, 0.717) is 25.7 Å². The van der Waals surface area contributed by atoms with Gasteiger partial charge in [0.1, 0.15) is 0 Å². The zero-order valence-electron chi connectivity index (χ0n) is 14.9. The third kappa shape index (κ3) is 5.74. The predicted molar refractivity (Wildman–Crippen MR) is 90.3 cm³/mol. The summed E-state index contributed by atoms with van der Waals surface area (Å²) in [4.78, 5) is 4.00. The lowest BCUT2D eigenvalue weighted by molar-refractivity contribution is -0.129. The second-order valence-corrected chi connectivity index (χ2v) is 6.97. The lowest BCUT2D eigenvalue weighted by Gasteiger charge is -2.34. The van der Waals surface area contributed by atoms with Crippen LogP contribution in [0.4, 0.5) is 0 Å². The summed E-state index contributed by atoms with van der Waals surface area (Å²) in [5, 5.41) is 7.94. The van der Waals surface area contributed by atoms with Gasteiger partial charge in [0.15, 0.2) is 5.96 Å². The minimum atomic E-state index is -0.334. The van der Waals surface area contributed by atoms with Crippen molar-refractivity contribution in [2.75, 3.05) is 46.4 Å². The highest BCUT2D eigenvalue weighted by molar-refractivity contribution is 5.78. The van der Waals surface area contributed by atoms with E-state index < -0.39 is 0 Å². The van der Waals surface area contributed by atoms with E-state index in [0.717, 1.165) is 32.5 Å². The summed E-state index contributed by atoms with van der Waals surface area (Å²) in [7, 11) is 1.95. The molecule has 3 N–H and O–H groups in total. The zero-order valence-corrected chi connectivity index (χ0v) is 14.9. The van der Waals surface area contributed by atoms with Gasteiger partial charge in [-0.3, -0.25) is 5.41 Å². The van der Waals surface area contributed by atoms with Crippen molar-refractivity contribution in [1.82, 2.24) is 9.80 Å². The van der Waals surface area contributed by atoms with E-state index in [9.17, 15) is 0 Å². The van der Waals surface area contributed by atoms with Gasteiger partial charge in [0.05, 0.1) is 24.4 Å². The van der Waals surface area contributed by atoms with Crippen LogP contribution >= 0.6 is 0 Å². The molecule has 0 aromatic heterocycles. The van der Waals surface area contributed by atoms with Crippen LogP contribution in [0.5, 0.6) is 0 Å². The molecular weight excluding hydrogens is 280 g/mol. The molecule has 1 heterocycles. The molecule has 1 fully saturated rings. The van der Waals surface area contributed by atoms with Crippen LogP contribution in [0.1, 0.15) is 40.5 Å². The molecule has 1 saturated heterocycles. The monoisotopic (exact) mass is 314 g/mol. The van der Waals surface area contributed by atoms with Crippen molar-refractivity contribution in [2.24, 2.45) is 5.73 Å². The van der Waals surface area contributed by atoms with Crippen molar-refractivity contribution >= 4 is 5.96 Å². The van der Waals surface area contributed by atoms with Gasteiger partial charge in [-0.15, -0.1) is 0 Å². The fourth-order valence-corrected chi connectivity index (χ4v) is 2.42. The van der Waals surface area contributed by atoms with Gasteiger partial charge in [0, 0.05) is 26.7 Å². The zero-order chi connectivity index (χ0) is 16.8. The maximum atomic E-state index is 7.94. The molecule has 1 aliphatic heterocycles. The number of nitrogens with zero attached hydrogens (tertiary/aromatic N) is 2. The van der Waals surface area contributed by atoms with Gasteiger partial charge in [0.2, 0.25) is 0 Å². The molecular formula is C16H34N4O2. The van der Waals surface area contributed by atoms with E-state index in [-0.39, 0.29) is 11.2 Å². The Morgan fingerprint density at radius 3 is 2.41 bits per heavy atom. The summed E-state index contributed by atoms with van der Waals surface area (Å²) in [5.41, 5.74) is 5.16. The van der Waals surface area contributed by atoms with Crippen molar-refractivity contribution in [3.63, 3.8) is 0 Å². The highest BCUT2D eigenvalue weighted by atomic mass is 16.6. The van der Waals surface area contributed by atoms with E-state index in [1.54, 1.807) is 0 Å². The standard InChI is InChI=1S/C16H34N4O2/c1-6-16(4,7-8-17)22-13-15(2,3)21-12-11-20-10-9-19(5)14(20)18/h18H,6-13,17H2,1-5H3. The molecule has 130 valence electrons. The molecule has 22 heavy (non-hydrogen) atoms. The van der Waals surface area contributed by atoms with Crippen LogP contribution in [0.2, 0.25) is 0 Å². The van der Waals surface area contributed by atoms with Gasteiger partial charge < -0.3 is 25.0 Å². The topological polar surface area (TPSA) is 74.8 Å². The number of hydrogen-bond acceptors (Lipinski definition) is 4. The second-order valence-electron chi connectivity index (χ2n) is 6.97. The number of likely N-dealkylation sites (N-methyl/N-ethyl adjacent to an activating group) is 1. The van der Waals surface area contributed by atoms with Crippen molar-refractivity contribution in [1.29, 1.82) is 5.41 Å². The van der Waals surface area contributed by atoms with Crippen LogP contribution in [0, 0.1) is 5.41 Å². The lowest BCUT2D eigenvalue weighted by atomic mass is 9.98. The summed E-state index contributed by atoms with van der Waals surface area (Å²) in [6, 6.07) is 0. The first kappa shape index (κ1) is 19.2. The van der Waals surface area contributed by atoms with Crippen LogP contribution in [-0.2, 0) is 9.47 Å². The summed E-state index contributed by atoms with van der Waals surface area (Å²) < 4.78 is 12.1. The van der Waals surface area contributed by atoms with Crippen LogP contribution in [0.25, 0.3) is 0 Å². The average Bonchev–Trinajstić information content (AvgIpc) is 2.78. The molecule has 0 bridgehead atoms. The number of rotatable bonds is 10. The molecule has 0 saturated carbocycles. The smallest absolute Gasteiger partial charge is 0.193 e. The van der Waals surface area contributed by atoms with Crippen molar-refractivity contribution in [2.45, 2.75) is 51.7 Å². The molecule has 0 aromatic rings. The molecule has 0 aromatic carbocycles. The van der Waals surface area contributed by atoms with Crippen LogP contribution in [0.3, 0.4) is 0 Å². The van der Waals surface area contributed by atoms with Crippen LogP contribution in [0.15, 0.2) is 0 Å². The first-order valence-electron chi connectivity index (χ1n) is 8.25. The Kier molecular flexibility index (Phi) is 7.09. The predicted octanol–water partition coefficient (Wildman–Crippen LogP) is 1.50. The van der Waals surface area contributed by atoms with Crippen molar-refractivity contribution in [3.05, 3.63) is 0 Å². The minimum Gasteiger partial charge on any atom is -0.372 e. The third-order valence-electron chi connectivity index (χ3n) is 4.41. The molecule has 1 atom stereocenters. The van der Waals surface area contributed by atoms with Crippen LogP contribution < -0.4 is 5.73 Å². The lowest BCUT2D eigenvalue weighted by Crippen LogP contribution is -2.41. The summed E-state index contributed by atoms with van der Waals surface area (Å²) in [6.07, 6.45) is 1.80. The maximum Gasteiger partial charge on any atom is 0.193 e. The Morgan fingerprint density at radius 2 is 1.91 bits per heavy atom. The number of guanidine groups is 1. The van der Waals surface area contributed by atoms with Crippen molar-refractivity contribution < 1.29 is 9.47 Å². The van der Waals surface area contributed by atoms with E-state index in [2.05, 4.69) is 13.8 Å². The second kappa shape index (κ2) is 8.13. The quantitative estimate of drug-likeness (QED) is 0.639. The summed E-state index contributed by atoms with van der Waals surface area (Å²) >= 11 is 0. The molecule has 6 nitrogen and oxygen atoms in total. The fraction of sp³-hybridized carbons (Fsp3) is 0.938. The van der Waals surface area contributed by atoms with E-state index in [4.69, 9.17) is 20.6 Å². The Morgan fingerprint density at radius 1 is 1.23 bits per heavy atom. The summed E-state index contributed by atoms with van der Waals surface area (Å²) in [6.45, 7) is 12.7. The normalized spacial score (nSPS) is 18.9. The van der Waals surface area contributed by atoms with Gasteiger partial charge in [-0.25, -0.2) is 0 Å². The molecule has 0 spiro atoms. The highest BCUT2D eigenvalue weighted by Gasteiger charge is 2.28. The Hall–Kier alpha value is -0.850. The third-order valence-corrected chi connectivity index (χ3v) is 4.41. The molecule has 1 rings (SSSR count). The van der Waals surface area contributed by atoms with E-state index in [1.807, 2.05) is 30.7 Å². The average molecular weight is 314 g/mol. The number of nitrogens with one attached hydrogen (secondary N) is 1. The Labute approximate surface area is 135 Å². The summed E-state index contributed by atoms with van der Waals surface area (Å²) in [5.74, 6) is 0.583. The number of nitrogens with two attached hydrogens (primary N) is 1. The molecule has 1 unspecified atom stereocenters. The Bertz CT molecular complexity index is 362. The first-order chi connectivity index (χ1) is 10.2. The number of hydrogen-bond donors (Lipinski definition) is 2. The Balaban J connectivity index is 2.33.